The van der Waals surface area contributed by atoms with E-state index < -0.39 is 17.8 Å². The SMILES string of the molecule is COc1cc(/C=N\NC(=O)CNC(=O)c2ccccc2Cl)ccc1OC(=O)c1ccc(Cl)cc1Cl. The number of benzene rings is 3. The van der Waals surface area contributed by atoms with Crippen LogP contribution in [0.2, 0.25) is 15.1 Å². The topological polar surface area (TPSA) is 106 Å². The van der Waals surface area contributed by atoms with Crippen molar-refractivity contribution in [3.05, 3.63) is 92.4 Å². The molecule has 180 valence electrons. The quantitative estimate of drug-likeness (QED) is 0.188. The van der Waals surface area contributed by atoms with Gasteiger partial charge in [-0.3, -0.25) is 9.59 Å². The van der Waals surface area contributed by atoms with Crippen molar-refractivity contribution in [1.29, 1.82) is 0 Å². The lowest BCUT2D eigenvalue weighted by Crippen LogP contribution is -2.35. The number of hydrogen-bond donors (Lipinski definition) is 2. The number of methoxy groups -OCH3 is 1. The van der Waals surface area contributed by atoms with E-state index in [1.165, 1.54) is 37.6 Å². The Morgan fingerprint density at radius 3 is 2.40 bits per heavy atom. The molecule has 0 atom stereocenters. The third-order valence-corrected chi connectivity index (χ3v) is 5.35. The van der Waals surface area contributed by atoms with E-state index in [2.05, 4.69) is 15.8 Å². The van der Waals surface area contributed by atoms with E-state index in [0.29, 0.717) is 10.6 Å². The Kier molecular flexibility index (Phi) is 9.08. The van der Waals surface area contributed by atoms with Crippen LogP contribution in [0, 0.1) is 0 Å². The van der Waals surface area contributed by atoms with Crippen LogP contribution in [0.4, 0.5) is 0 Å². The fourth-order valence-corrected chi connectivity index (χ4v) is 3.49. The average molecular weight is 535 g/mol. The van der Waals surface area contributed by atoms with Gasteiger partial charge in [0.1, 0.15) is 0 Å². The van der Waals surface area contributed by atoms with Crippen molar-refractivity contribution in [3.63, 3.8) is 0 Å². The molecule has 11 heteroatoms. The minimum atomic E-state index is -0.683. The molecule has 3 aromatic carbocycles. The number of hydrazone groups is 1. The third kappa shape index (κ3) is 7.19. The number of esters is 1. The van der Waals surface area contributed by atoms with Gasteiger partial charge in [0.05, 0.1) is 41.0 Å². The lowest BCUT2D eigenvalue weighted by Gasteiger charge is -2.10. The van der Waals surface area contributed by atoms with Crippen molar-refractivity contribution >= 4 is 58.8 Å². The highest BCUT2D eigenvalue weighted by Gasteiger charge is 2.16. The van der Waals surface area contributed by atoms with Crippen LogP contribution in [0.1, 0.15) is 26.3 Å². The number of halogens is 3. The van der Waals surface area contributed by atoms with Gasteiger partial charge in [0.25, 0.3) is 11.8 Å². The molecule has 0 radical (unpaired) electrons. The molecule has 0 aliphatic rings. The third-order valence-electron chi connectivity index (χ3n) is 4.47. The number of carbonyl (C=O) groups excluding carboxylic acids is 3. The van der Waals surface area contributed by atoms with E-state index in [-0.39, 0.29) is 39.2 Å². The highest BCUT2D eigenvalue weighted by atomic mass is 35.5. The smallest absolute Gasteiger partial charge is 0.345 e. The van der Waals surface area contributed by atoms with Crippen LogP contribution in [0.5, 0.6) is 11.5 Å². The molecule has 8 nitrogen and oxygen atoms in total. The van der Waals surface area contributed by atoms with Crippen LogP contribution >= 0.6 is 34.8 Å². The Balaban J connectivity index is 1.57. The first kappa shape index (κ1) is 26.0. The molecule has 35 heavy (non-hydrogen) atoms. The number of hydrogen-bond acceptors (Lipinski definition) is 6. The molecule has 0 fully saturated rings. The summed E-state index contributed by atoms with van der Waals surface area (Å²) in [6, 6.07) is 15.6. The van der Waals surface area contributed by atoms with Gasteiger partial charge in [0.2, 0.25) is 0 Å². The number of amides is 2. The summed E-state index contributed by atoms with van der Waals surface area (Å²) in [6.07, 6.45) is 1.36. The summed E-state index contributed by atoms with van der Waals surface area (Å²) in [7, 11) is 1.41. The predicted octanol–water partition coefficient (Wildman–Crippen LogP) is 4.75. The Bertz CT molecular complexity index is 1300. The second-order valence-electron chi connectivity index (χ2n) is 6.88. The fraction of sp³-hybridized carbons (Fsp3) is 0.0833. The van der Waals surface area contributed by atoms with Crippen LogP contribution < -0.4 is 20.2 Å². The van der Waals surface area contributed by atoms with Crippen molar-refractivity contribution in [2.45, 2.75) is 0 Å². The molecule has 0 bridgehead atoms. The molecule has 0 aromatic heterocycles. The molecule has 0 saturated carbocycles. The average Bonchev–Trinajstić information content (AvgIpc) is 2.83. The second-order valence-corrected chi connectivity index (χ2v) is 8.13. The zero-order valence-electron chi connectivity index (χ0n) is 18.2. The number of carbonyl (C=O) groups is 3. The molecule has 0 saturated heterocycles. The lowest BCUT2D eigenvalue weighted by atomic mass is 10.2. The summed E-state index contributed by atoms with van der Waals surface area (Å²) < 4.78 is 10.7. The highest BCUT2D eigenvalue weighted by Crippen LogP contribution is 2.30. The van der Waals surface area contributed by atoms with Gasteiger partial charge in [-0.25, -0.2) is 10.2 Å². The van der Waals surface area contributed by atoms with Gasteiger partial charge in [-0.2, -0.15) is 5.10 Å². The molecule has 2 amide bonds. The molecular weight excluding hydrogens is 517 g/mol. The Labute approximate surface area is 215 Å². The second kappa shape index (κ2) is 12.2. The van der Waals surface area contributed by atoms with E-state index in [1.807, 2.05) is 0 Å². The van der Waals surface area contributed by atoms with Gasteiger partial charge in [0, 0.05) is 5.02 Å². The molecule has 3 rings (SSSR count). The molecular formula is C24H18Cl3N3O5. The number of nitrogens with one attached hydrogen (secondary N) is 2. The first-order chi connectivity index (χ1) is 16.8. The zero-order valence-corrected chi connectivity index (χ0v) is 20.4. The maximum Gasteiger partial charge on any atom is 0.345 e. The van der Waals surface area contributed by atoms with E-state index in [9.17, 15) is 14.4 Å². The van der Waals surface area contributed by atoms with E-state index in [4.69, 9.17) is 44.3 Å². The van der Waals surface area contributed by atoms with E-state index in [0.717, 1.165) is 0 Å². The van der Waals surface area contributed by atoms with Crippen LogP contribution in [-0.4, -0.2) is 37.7 Å². The van der Waals surface area contributed by atoms with Gasteiger partial charge in [-0.1, -0.05) is 46.9 Å². The van der Waals surface area contributed by atoms with Crippen LogP contribution in [-0.2, 0) is 4.79 Å². The van der Waals surface area contributed by atoms with Crippen LogP contribution in [0.25, 0.3) is 0 Å². The molecule has 0 aliphatic heterocycles. The first-order valence-electron chi connectivity index (χ1n) is 9.98. The maximum atomic E-state index is 12.4. The summed E-state index contributed by atoms with van der Waals surface area (Å²) >= 11 is 17.9. The van der Waals surface area contributed by atoms with E-state index >= 15 is 0 Å². The summed E-state index contributed by atoms with van der Waals surface area (Å²) in [5, 5.41) is 7.13. The van der Waals surface area contributed by atoms with Crippen molar-refractivity contribution in [2.75, 3.05) is 13.7 Å². The van der Waals surface area contributed by atoms with Gasteiger partial charge >= 0.3 is 5.97 Å². The summed E-state index contributed by atoms with van der Waals surface area (Å²) in [5.41, 5.74) is 3.26. The van der Waals surface area contributed by atoms with Gasteiger partial charge < -0.3 is 14.8 Å². The normalized spacial score (nSPS) is 10.6. The molecule has 2 N–H and O–H groups in total. The number of rotatable bonds is 8. The maximum absolute atomic E-state index is 12.4. The Morgan fingerprint density at radius 2 is 1.69 bits per heavy atom. The van der Waals surface area contributed by atoms with Crippen molar-refractivity contribution in [2.24, 2.45) is 5.10 Å². The van der Waals surface area contributed by atoms with Crippen LogP contribution in [0.3, 0.4) is 0 Å². The minimum Gasteiger partial charge on any atom is -0.493 e. The summed E-state index contributed by atoms with van der Waals surface area (Å²) in [5.74, 6) is -1.29. The zero-order chi connectivity index (χ0) is 25.4. The lowest BCUT2D eigenvalue weighted by molar-refractivity contribution is -0.120. The highest BCUT2D eigenvalue weighted by molar-refractivity contribution is 6.36. The van der Waals surface area contributed by atoms with Crippen molar-refractivity contribution < 1.29 is 23.9 Å². The largest absolute Gasteiger partial charge is 0.493 e. The number of nitrogens with zero attached hydrogens (tertiary/aromatic N) is 1. The van der Waals surface area contributed by atoms with Gasteiger partial charge in [0.15, 0.2) is 11.5 Å². The minimum absolute atomic E-state index is 0.146. The van der Waals surface area contributed by atoms with Crippen molar-refractivity contribution in [3.8, 4) is 11.5 Å². The first-order valence-corrected chi connectivity index (χ1v) is 11.1. The molecule has 0 unspecified atom stereocenters. The summed E-state index contributed by atoms with van der Waals surface area (Å²) in [4.78, 5) is 36.5. The fourth-order valence-electron chi connectivity index (χ4n) is 2.78. The monoisotopic (exact) mass is 533 g/mol. The molecule has 0 spiro atoms. The molecule has 3 aromatic rings. The van der Waals surface area contributed by atoms with Crippen molar-refractivity contribution in [1.82, 2.24) is 10.7 Å². The molecule has 0 aliphatic carbocycles. The standard InChI is InChI=1S/C24H18Cl3N3O5/c1-34-21-10-14(6-9-20(21)35-24(33)17-8-7-15(25)11-19(17)27)12-29-30-22(31)13-28-23(32)16-4-2-3-5-18(16)26/h2-12H,13H2,1H3,(H,28,32)(H,30,31)/b29-12-. The predicted molar refractivity (Wildman–Crippen MR) is 134 cm³/mol. The van der Waals surface area contributed by atoms with E-state index in [1.54, 1.807) is 36.4 Å². The summed E-state index contributed by atoms with van der Waals surface area (Å²) in [6.45, 7) is -0.299. The van der Waals surface area contributed by atoms with Gasteiger partial charge in [-0.05, 0) is 54.1 Å². The number of ether oxygens (including phenoxy) is 2. The molecule has 0 heterocycles. The van der Waals surface area contributed by atoms with Crippen LogP contribution in [0.15, 0.2) is 65.8 Å². The Morgan fingerprint density at radius 1 is 0.914 bits per heavy atom. The van der Waals surface area contributed by atoms with Gasteiger partial charge in [-0.15, -0.1) is 0 Å². The Hall–Kier alpha value is -3.59.